The van der Waals surface area contributed by atoms with Gasteiger partial charge in [0.1, 0.15) is 5.69 Å². The van der Waals surface area contributed by atoms with Gasteiger partial charge >= 0.3 is 11.9 Å². The second-order valence-electron chi connectivity index (χ2n) is 7.61. The van der Waals surface area contributed by atoms with Crippen LogP contribution in [0.1, 0.15) is 19.4 Å². The fourth-order valence-electron chi connectivity index (χ4n) is 4.42. The van der Waals surface area contributed by atoms with Crippen LogP contribution in [0.15, 0.2) is 30.4 Å². The Bertz CT molecular complexity index is 1050. The zero-order valence-corrected chi connectivity index (χ0v) is 16.8. The highest BCUT2D eigenvalue weighted by molar-refractivity contribution is 6.24. The topological polar surface area (TPSA) is 142 Å². The van der Waals surface area contributed by atoms with Gasteiger partial charge in [0, 0.05) is 19.9 Å². The Morgan fingerprint density at radius 2 is 1.84 bits per heavy atom. The monoisotopic (exact) mass is 430 g/mol. The SMILES string of the molecule is CC(=O)OC(OC(C)=O)[C@@]12C=C[C@H](O1)[C@@H]1C(=O)N(c3ccc(C)cc3[N+](=O)[O-])C(=O)[C@@H]12. The summed E-state index contributed by atoms with van der Waals surface area (Å²) in [5.74, 6) is -5.22. The zero-order chi connectivity index (χ0) is 22.7. The lowest BCUT2D eigenvalue weighted by Gasteiger charge is -2.34. The van der Waals surface area contributed by atoms with Crippen molar-refractivity contribution in [3.8, 4) is 0 Å². The molecule has 1 aromatic carbocycles. The number of imide groups is 1. The van der Waals surface area contributed by atoms with Crippen molar-refractivity contribution < 1.29 is 38.3 Å². The van der Waals surface area contributed by atoms with Crippen LogP contribution < -0.4 is 4.90 Å². The van der Waals surface area contributed by atoms with Crippen molar-refractivity contribution in [3.63, 3.8) is 0 Å². The second-order valence-corrected chi connectivity index (χ2v) is 7.61. The number of hydrogen-bond acceptors (Lipinski definition) is 9. The molecule has 0 saturated carbocycles. The lowest BCUT2D eigenvalue weighted by Crippen LogP contribution is -2.52. The maximum Gasteiger partial charge on any atom is 0.305 e. The number of nitro groups is 1. The second kappa shape index (κ2) is 6.98. The van der Waals surface area contributed by atoms with E-state index in [9.17, 15) is 29.3 Å². The average molecular weight is 430 g/mol. The van der Waals surface area contributed by atoms with Gasteiger partial charge in [-0.3, -0.25) is 29.3 Å². The molecule has 3 heterocycles. The Hall–Kier alpha value is -3.60. The van der Waals surface area contributed by atoms with Crippen LogP contribution in [0.5, 0.6) is 0 Å². The van der Waals surface area contributed by atoms with Gasteiger partial charge in [-0.05, 0) is 24.6 Å². The molecule has 4 rings (SSSR count). The van der Waals surface area contributed by atoms with Gasteiger partial charge in [0.2, 0.25) is 11.8 Å². The van der Waals surface area contributed by atoms with Crippen molar-refractivity contribution in [2.24, 2.45) is 11.8 Å². The first-order chi connectivity index (χ1) is 14.6. The Labute approximate surface area is 175 Å². The molecule has 4 atom stereocenters. The van der Waals surface area contributed by atoms with Crippen molar-refractivity contribution >= 4 is 35.1 Å². The molecule has 11 heteroatoms. The van der Waals surface area contributed by atoms with E-state index >= 15 is 0 Å². The molecule has 162 valence electrons. The van der Waals surface area contributed by atoms with Crippen LogP contribution >= 0.6 is 0 Å². The number of amides is 2. The molecule has 0 spiro atoms. The van der Waals surface area contributed by atoms with Crippen LogP contribution in [0.3, 0.4) is 0 Å². The highest BCUT2D eigenvalue weighted by Gasteiger charge is 2.72. The zero-order valence-electron chi connectivity index (χ0n) is 16.8. The number of fused-ring (bicyclic) bond motifs is 5. The third-order valence-corrected chi connectivity index (χ3v) is 5.56. The van der Waals surface area contributed by atoms with Crippen LogP contribution in [0.25, 0.3) is 0 Å². The molecule has 0 radical (unpaired) electrons. The summed E-state index contributed by atoms with van der Waals surface area (Å²) >= 11 is 0. The van der Waals surface area contributed by atoms with E-state index in [1.54, 1.807) is 13.0 Å². The van der Waals surface area contributed by atoms with E-state index in [1.165, 1.54) is 24.3 Å². The number of carbonyl (C=O) groups is 4. The normalized spacial score (nSPS) is 28.3. The largest absolute Gasteiger partial charge is 0.422 e. The summed E-state index contributed by atoms with van der Waals surface area (Å²) in [7, 11) is 0. The van der Waals surface area contributed by atoms with E-state index in [1.807, 2.05) is 0 Å². The fraction of sp³-hybridized carbons (Fsp3) is 0.400. The van der Waals surface area contributed by atoms with Crippen molar-refractivity contribution in [2.75, 3.05) is 4.90 Å². The molecule has 11 nitrogen and oxygen atoms in total. The van der Waals surface area contributed by atoms with Gasteiger partial charge in [0.15, 0.2) is 5.60 Å². The third kappa shape index (κ3) is 3.00. The van der Waals surface area contributed by atoms with Gasteiger partial charge in [-0.2, -0.15) is 0 Å². The van der Waals surface area contributed by atoms with Crippen LogP contribution in [-0.4, -0.2) is 46.7 Å². The van der Waals surface area contributed by atoms with Crippen LogP contribution in [0.2, 0.25) is 0 Å². The summed E-state index contributed by atoms with van der Waals surface area (Å²) in [6.07, 6.45) is 0.514. The molecule has 0 unspecified atom stereocenters. The molecule has 0 N–H and O–H groups in total. The number of ether oxygens (including phenoxy) is 3. The molecule has 1 aromatic rings. The van der Waals surface area contributed by atoms with E-state index in [0.717, 1.165) is 18.7 Å². The standard InChI is InChI=1S/C20H18N2O9/c1-9-4-5-12(13(8-9)22(27)28)21-17(25)15-14-6-7-20(31-14,16(15)18(21)26)19(29-10(2)23)30-11(3)24/h4-8,14-16,19H,1-3H3/t14-,15-,16+,20-/m0/s1. The third-order valence-electron chi connectivity index (χ3n) is 5.56. The molecule has 0 aliphatic carbocycles. The van der Waals surface area contributed by atoms with Crippen LogP contribution in [0, 0.1) is 28.9 Å². The van der Waals surface area contributed by atoms with Crippen molar-refractivity contribution in [1.82, 2.24) is 0 Å². The minimum Gasteiger partial charge on any atom is -0.422 e. The Kier molecular flexibility index (Phi) is 4.65. The molecular weight excluding hydrogens is 412 g/mol. The molecular formula is C20H18N2O9. The Morgan fingerprint density at radius 1 is 1.19 bits per heavy atom. The highest BCUT2D eigenvalue weighted by Crippen LogP contribution is 2.55. The molecule has 0 aromatic heterocycles. The number of nitrogens with zero attached hydrogens (tertiary/aromatic N) is 2. The summed E-state index contributed by atoms with van der Waals surface area (Å²) in [6, 6.07) is 4.16. The van der Waals surface area contributed by atoms with Crippen LogP contribution in [-0.2, 0) is 33.4 Å². The number of benzene rings is 1. The first kappa shape index (κ1) is 20.7. The summed E-state index contributed by atoms with van der Waals surface area (Å²) in [5.41, 5.74) is -1.69. The Morgan fingerprint density at radius 3 is 2.42 bits per heavy atom. The summed E-state index contributed by atoms with van der Waals surface area (Å²) in [6.45, 7) is 3.84. The summed E-state index contributed by atoms with van der Waals surface area (Å²) in [4.78, 5) is 61.5. The van der Waals surface area contributed by atoms with E-state index in [-0.39, 0.29) is 5.69 Å². The van der Waals surface area contributed by atoms with Gasteiger partial charge in [0.05, 0.1) is 22.9 Å². The van der Waals surface area contributed by atoms with E-state index in [2.05, 4.69) is 0 Å². The van der Waals surface area contributed by atoms with Gasteiger partial charge < -0.3 is 14.2 Å². The molecule has 2 fully saturated rings. The van der Waals surface area contributed by atoms with E-state index < -0.39 is 64.2 Å². The van der Waals surface area contributed by atoms with E-state index in [4.69, 9.17) is 14.2 Å². The quantitative estimate of drug-likeness (QED) is 0.168. The molecule has 3 aliphatic heterocycles. The van der Waals surface area contributed by atoms with Crippen molar-refractivity contribution in [2.45, 2.75) is 38.8 Å². The van der Waals surface area contributed by atoms with Gasteiger partial charge in [-0.15, -0.1) is 0 Å². The fourth-order valence-corrected chi connectivity index (χ4v) is 4.42. The maximum atomic E-state index is 13.4. The molecule has 3 aliphatic rings. The first-order valence-electron chi connectivity index (χ1n) is 9.41. The lowest BCUT2D eigenvalue weighted by molar-refractivity contribution is -0.384. The molecule has 2 amide bonds. The van der Waals surface area contributed by atoms with Gasteiger partial charge in [-0.1, -0.05) is 12.1 Å². The molecule has 2 bridgehead atoms. The predicted molar refractivity (Wildman–Crippen MR) is 101 cm³/mol. The highest BCUT2D eigenvalue weighted by atomic mass is 16.7. The molecule has 31 heavy (non-hydrogen) atoms. The number of aryl methyl sites for hydroxylation is 1. The Balaban J connectivity index is 1.79. The van der Waals surface area contributed by atoms with Gasteiger partial charge in [0.25, 0.3) is 12.0 Å². The number of anilines is 1. The lowest BCUT2D eigenvalue weighted by atomic mass is 9.76. The average Bonchev–Trinajstić information content (AvgIpc) is 3.32. The van der Waals surface area contributed by atoms with Crippen LogP contribution in [0.4, 0.5) is 11.4 Å². The number of rotatable bonds is 5. The predicted octanol–water partition coefficient (Wildman–Crippen LogP) is 1.17. The number of esters is 2. The van der Waals surface area contributed by atoms with E-state index in [0.29, 0.717) is 5.56 Å². The number of carbonyl (C=O) groups excluding carboxylic acids is 4. The number of nitro benzene ring substituents is 1. The molecule has 2 saturated heterocycles. The summed E-state index contributed by atoms with van der Waals surface area (Å²) in [5, 5.41) is 11.5. The van der Waals surface area contributed by atoms with Gasteiger partial charge in [-0.25, -0.2) is 4.90 Å². The maximum absolute atomic E-state index is 13.4. The minimum atomic E-state index is -1.71. The first-order valence-corrected chi connectivity index (χ1v) is 9.41. The van der Waals surface area contributed by atoms with Crippen molar-refractivity contribution in [3.05, 3.63) is 46.0 Å². The number of hydrogen-bond donors (Lipinski definition) is 0. The minimum absolute atomic E-state index is 0.161. The summed E-state index contributed by atoms with van der Waals surface area (Å²) < 4.78 is 16.1. The van der Waals surface area contributed by atoms with Crippen molar-refractivity contribution in [1.29, 1.82) is 0 Å². The smallest absolute Gasteiger partial charge is 0.305 e.